The maximum absolute atomic E-state index is 11.0. The van der Waals surface area contributed by atoms with Crippen LogP contribution in [0, 0.1) is 0 Å². The molecule has 11 heavy (non-hydrogen) atoms. The molecule has 0 radical (unpaired) electrons. The minimum atomic E-state index is -0.281. The SMILES string of the molecule is CC(CCO)NC(=O)C(C)S. The molecule has 0 aliphatic heterocycles. The molecule has 1 amide bonds. The molecule has 0 fully saturated rings. The third-order valence-electron chi connectivity index (χ3n) is 1.33. The van der Waals surface area contributed by atoms with E-state index in [1.54, 1.807) is 6.92 Å². The first kappa shape index (κ1) is 10.8. The van der Waals surface area contributed by atoms with Crippen molar-refractivity contribution in [3.8, 4) is 0 Å². The second-order valence-corrected chi connectivity index (χ2v) is 3.37. The Hall–Kier alpha value is -0.220. The van der Waals surface area contributed by atoms with Crippen molar-refractivity contribution in [2.75, 3.05) is 6.61 Å². The number of rotatable bonds is 4. The Kier molecular flexibility index (Phi) is 5.32. The fourth-order valence-corrected chi connectivity index (χ4v) is 0.704. The normalized spacial score (nSPS) is 15.6. The predicted octanol–water partition coefficient (Wildman–Crippen LogP) is 0.192. The van der Waals surface area contributed by atoms with Crippen LogP contribution in [-0.2, 0) is 4.79 Å². The fourth-order valence-electron chi connectivity index (χ4n) is 0.629. The van der Waals surface area contributed by atoms with Crippen LogP contribution in [0.15, 0.2) is 0 Å². The largest absolute Gasteiger partial charge is 0.396 e. The third-order valence-corrected chi connectivity index (χ3v) is 1.56. The molecule has 0 aromatic heterocycles. The Morgan fingerprint density at radius 1 is 1.64 bits per heavy atom. The van der Waals surface area contributed by atoms with Gasteiger partial charge >= 0.3 is 0 Å². The number of carbonyl (C=O) groups excluding carboxylic acids is 1. The molecule has 3 nitrogen and oxygen atoms in total. The van der Waals surface area contributed by atoms with Gasteiger partial charge in [-0.05, 0) is 20.3 Å². The Labute approximate surface area is 72.6 Å². The minimum absolute atomic E-state index is 0.0297. The predicted molar refractivity (Wildman–Crippen MR) is 47.8 cm³/mol. The zero-order valence-corrected chi connectivity index (χ0v) is 7.77. The summed E-state index contributed by atoms with van der Waals surface area (Å²) in [7, 11) is 0. The number of nitrogens with one attached hydrogen (secondary N) is 1. The van der Waals surface area contributed by atoms with Crippen molar-refractivity contribution in [1.82, 2.24) is 5.32 Å². The number of amides is 1. The highest BCUT2D eigenvalue weighted by molar-refractivity contribution is 7.81. The van der Waals surface area contributed by atoms with Crippen molar-refractivity contribution in [1.29, 1.82) is 0 Å². The van der Waals surface area contributed by atoms with Gasteiger partial charge in [-0.2, -0.15) is 12.6 Å². The quantitative estimate of drug-likeness (QED) is 0.537. The van der Waals surface area contributed by atoms with Gasteiger partial charge in [0.2, 0.25) is 5.91 Å². The van der Waals surface area contributed by atoms with Gasteiger partial charge in [-0.3, -0.25) is 4.79 Å². The summed E-state index contributed by atoms with van der Waals surface area (Å²) in [6.07, 6.45) is 0.590. The second kappa shape index (κ2) is 5.43. The highest BCUT2D eigenvalue weighted by Gasteiger charge is 2.10. The van der Waals surface area contributed by atoms with Crippen LogP contribution in [0.1, 0.15) is 20.3 Å². The van der Waals surface area contributed by atoms with Crippen LogP contribution in [-0.4, -0.2) is 28.9 Å². The first-order valence-electron chi connectivity index (χ1n) is 3.67. The Morgan fingerprint density at radius 3 is 2.55 bits per heavy atom. The van der Waals surface area contributed by atoms with E-state index in [4.69, 9.17) is 5.11 Å². The van der Waals surface area contributed by atoms with E-state index >= 15 is 0 Å². The molecule has 2 unspecified atom stereocenters. The first-order valence-corrected chi connectivity index (χ1v) is 4.19. The first-order chi connectivity index (χ1) is 5.07. The second-order valence-electron chi connectivity index (χ2n) is 2.60. The molecule has 4 heteroatoms. The van der Waals surface area contributed by atoms with Crippen molar-refractivity contribution < 1.29 is 9.90 Å². The number of hydrogen-bond acceptors (Lipinski definition) is 3. The summed E-state index contributed by atoms with van der Waals surface area (Å²) in [5.74, 6) is -0.0886. The van der Waals surface area contributed by atoms with Crippen LogP contribution in [0.25, 0.3) is 0 Å². The van der Waals surface area contributed by atoms with Crippen LogP contribution in [0.3, 0.4) is 0 Å². The van der Waals surface area contributed by atoms with Gasteiger partial charge in [0.15, 0.2) is 0 Å². The van der Waals surface area contributed by atoms with E-state index in [1.807, 2.05) is 6.92 Å². The lowest BCUT2D eigenvalue weighted by molar-refractivity contribution is -0.120. The summed E-state index contributed by atoms with van der Waals surface area (Å²) in [6.45, 7) is 3.66. The summed E-state index contributed by atoms with van der Waals surface area (Å²) in [5.41, 5.74) is 0. The lowest BCUT2D eigenvalue weighted by Crippen LogP contribution is -2.37. The fraction of sp³-hybridized carbons (Fsp3) is 0.857. The Balaban J connectivity index is 3.57. The van der Waals surface area contributed by atoms with E-state index in [-0.39, 0.29) is 23.8 Å². The van der Waals surface area contributed by atoms with E-state index in [0.717, 1.165) is 0 Å². The molecule has 66 valence electrons. The topological polar surface area (TPSA) is 49.3 Å². The summed E-state index contributed by atoms with van der Waals surface area (Å²) >= 11 is 3.96. The van der Waals surface area contributed by atoms with Crippen LogP contribution in [0.5, 0.6) is 0 Å². The molecule has 0 aromatic carbocycles. The van der Waals surface area contributed by atoms with Crippen molar-refractivity contribution in [3.05, 3.63) is 0 Å². The molecule has 2 atom stereocenters. The maximum atomic E-state index is 11.0. The molecule has 2 N–H and O–H groups in total. The number of hydrogen-bond donors (Lipinski definition) is 3. The van der Waals surface area contributed by atoms with E-state index in [9.17, 15) is 4.79 Å². The van der Waals surface area contributed by atoms with Gasteiger partial charge < -0.3 is 10.4 Å². The smallest absolute Gasteiger partial charge is 0.232 e. The average Bonchev–Trinajstić information content (AvgIpc) is 1.87. The zero-order valence-electron chi connectivity index (χ0n) is 6.87. The minimum Gasteiger partial charge on any atom is -0.396 e. The molecule has 0 aliphatic carbocycles. The van der Waals surface area contributed by atoms with Crippen LogP contribution >= 0.6 is 12.6 Å². The molecular weight excluding hydrogens is 162 g/mol. The molecule has 0 spiro atoms. The standard InChI is InChI=1S/C7H15NO2S/c1-5(3-4-9)8-7(10)6(2)11/h5-6,9,11H,3-4H2,1-2H3,(H,8,10). The van der Waals surface area contributed by atoms with Crippen LogP contribution < -0.4 is 5.32 Å². The van der Waals surface area contributed by atoms with Gasteiger partial charge in [-0.25, -0.2) is 0 Å². The number of thiol groups is 1. The molecule has 0 saturated carbocycles. The van der Waals surface area contributed by atoms with Gasteiger partial charge in [0, 0.05) is 12.6 Å². The highest BCUT2D eigenvalue weighted by atomic mass is 32.1. The van der Waals surface area contributed by atoms with E-state index in [1.165, 1.54) is 0 Å². The molecule has 0 rings (SSSR count). The molecular formula is C7H15NO2S. The number of aliphatic hydroxyl groups is 1. The third kappa shape index (κ3) is 5.09. The molecule has 0 aliphatic rings. The van der Waals surface area contributed by atoms with Gasteiger partial charge in [0.25, 0.3) is 0 Å². The Morgan fingerprint density at radius 2 is 2.18 bits per heavy atom. The summed E-state index contributed by atoms with van der Waals surface area (Å²) in [4.78, 5) is 11.0. The Bertz CT molecular complexity index is 128. The molecule has 0 saturated heterocycles. The molecule has 0 aromatic rings. The van der Waals surface area contributed by atoms with E-state index in [2.05, 4.69) is 17.9 Å². The van der Waals surface area contributed by atoms with E-state index in [0.29, 0.717) is 6.42 Å². The van der Waals surface area contributed by atoms with Crippen molar-refractivity contribution >= 4 is 18.5 Å². The highest BCUT2D eigenvalue weighted by Crippen LogP contribution is 1.95. The van der Waals surface area contributed by atoms with Crippen molar-refractivity contribution in [2.24, 2.45) is 0 Å². The summed E-state index contributed by atoms with van der Waals surface area (Å²) in [5, 5.41) is 10.9. The van der Waals surface area contributed by atoms with Crippen molar-refractivity contribution in [2.45, 2.75) is 31.6 Å². The van der Waals surface area contributed by atoms with Crippen molar-refractivity contribution in [3.63, 3.8) is 0 Å². The van der Waals surface area contributed by atoms with Gasteiger partial charge in [-0.1, -0.05) is 0 Å². The summed E-state index contributed by atoms with van der Waals surface area (Å²) < 4.78 is 0. The van der Waals surface area contributed by atoms with Crippen LogP contribution in [0.4, 0.5) is 0 Å². The van der Waals surface area contributed by atoms with E-state index < -0.39 is 0 Å². The lowest BCUT2D eigenvalue weighted by atomic mass is 10.2. The van der Waals surface area contributed by atoms with Crippen LogP contribution in [0.2, 0.25) is 0 Å². The van der Waals surface area contributed by atoms with Gasteiger partial charge in [0.1, 0.15) is 0 Å². The average molecular weight is 177 g/mol. The number of carbonyl (C=O) groups is 1. The van der Waals surface area contributed by atoms with Gasteiger partial charge in [0.05, 0.1) is 5.25 Å². The lowest BCUT2D eigenvalue weighted by Gasteiger charge is -2.13. The molecule has 0 heterocycles. The van der Waals surface area contributed by atoms with Gasteiger partial charge in [-0.15, -0.1) is 0 Å². The maximum Gasteiger partial charge on any atom is 0.232 e. The summed E-state index contributed by atoms with van der Waals surface area (Å²) in [6, 6.07) is 0.0297. The monoisotopic (exact) mass is 177 g/mol. The molecule has 0 bridgehead atoms. The zero-order chi connectivity index (χ0) is 8.85. The number of aliphatic hydroxyl groups excluding tert-OH is 1.